The molecular weight excluding hydrogens is 450 g/mol. The van der Waals surface area contributed by atoms with Gasteiger partial charge < -0.3 is 15.4 Å². The van der Waals surface area contributed by atoms with Crippen LogP contribution in [0.5, 0.6) is 5.75 Å². The maximum absolute atomic E-state index is 12.9. The highest BCUT2D eigenvalue weighted by atomic mass is 79.9. The Bertz CT molecular complexity index is 968. The van der Waals surface area contributed by atoms with Crippen molar-refractivity contribution < 1.29 is 19.1 Å². The molecule has 0 radical (unpaired) electrons. The summed E-state index contributed by atoms with van der Waals surface area (Å²) in [5, 5.41) is 5.69. The Balaban J connectivity index is 1.78. The molecule has 1 heterocycles. The molecule has 1 aliphatic heterocycles. The van der Waals surface area contributed by atoms with Gasteiger partial charge in [0, 0.05) is 9.50 Å². The highest BCUT2D eigenvalue weighted by Gasteiger charge is 2.49. The van der Waals surface area contributed by atoms with Crippen molar-refractivity contribution in [3.63, 3.8) is 0 Å². The molecule has 2 aromatic carbocycles. The Labute approximate surface area is 175 Å². The number of hydrogen-bond acceptors (Lipinski definition) is 4. The molecular formula is C19H17BrClN3O4. The maximum atomic E-state index is 12.9. The van der Waals surface area contributed by atoms with E-state index in [0.717, 1.165) is 9.37 Å². The average molecular weight is 467 g/mol. The predicted octanol–water partition coefficient (Wildman–Crippen LogP) is 3.52. The summed E-state index contributed by atoms with van der Waals surface area (Å²) in [4.78, 5) is 38.6. The fraction of sp³-hybridized carbons (Fsp3) is 0.211. The molecule has 9 heteroatoms. The number of halogens is 2. The van der Waals surface area contributed by atoms with Crippen LogP contribution in [0.3, 0.4) is 0 Å². The molecule has 1 fully saturated rings. The minimum Gasteiger partial charge on any atom is -0.495 e. The molecule has 0 bridgehead atoms. The van der Waals surface area contributed by atoms with Gasteiger partial charge in [-0.3, -0.25) is 14.5 Å². The van der Waals surface area contributed by atoms with E-state index in [1.165, 1.54) is 13.2 Å². The Morgan fingerprint density at radius 2 is 2.04 bits per heavy atom. The van der Waals surface area contributed by atoms with Gasteiger partial charge in [-0.2, -0.15) is 0 Å². The molecule has 3 rings (SSSR count). The van der Waals surface area contributed by atoms with E-state index in [9.17, 15) is 14.4 Å². The first-order valence-corrected chi connectivity index (χ1v) is 9.45. The van der Waals surface area contributed by atoms with Gasteiger partial charge in [-0.25, -0.2) is 4.79 Å². The zero-order chi connectivity index (χ0) is 20.5. The summed E-state index contributed by atoms with van der Waals surface area (Å²) >= 11 is 9.31. The molecule has 28 heavy (non-hydrogen) atoms. The first-order valence-electron chi connectivity index (χ1n) is 8.28. The molecule has 2 N–H and O–H groups in total. The molecule has 1 saturated heterocycles. The molecule has 4 amide bonds. The van der Waals surface area contributed by atoms with Crippen molar-refractivity contribution in [2.24, 2.45) is 0 Å². The van der Waals surface area contributed by atoms with Crippen LogP contribution in [0, 0.1) is 0 Å². The van der Waals surface area contributed by atoms with E-state index in [1.54, 1.807) is 37.3 Å². The SMILES string of the molecule is COc1ccc(Cl)cc1NC(=O)CN1C(=O)N[C@](C)(c2cccc(Br)c2)C1=O. The van der Waals surface area contributed by atoms with Crippen LogP contribution in [-0.4, -0.2) is 36.4 Å². The minimum atomic E-state index is -1.26. The third-order valence-corrected chi connectivity index (χ3v) is 5.14. The fourth-order valence-electron chi connectivity index (χ4n) is 2.95. The second-order valence-electron chi connectivity index (χ2n) is 6.35. The Hall–Kier alpha value is -2.58. The monoisotopic (exact) mass is 465 g/mol. The van der Waals surface area contributed by atoms with Gasteiger partial charge in [0.1, 0.15) is 17.8 Å². The van der Waals surface area contributed by atoms with Crippen LogP contribution in [0.2, 0.25) is 5.02 Å². The van der Waals surface area contributed by atoms with Crippen molar-refractivity contribution in [1.29, 1.82) is 0 Å². The van der Waals surface area contributed by atoms with Gasteiger partial charge in [-0.1, -0.05) is 39.7 Å². The van der Waals surface area contributed by atoms with Crippen molar-refractivity contribution in [2.45, 2.75) is 12.5 Å². The summed E-state index contributed by atoms with van der Waals surface area (Å²) in [6, 6.07) is 11.2. The minimum absolute atomic E-state index is 0.349. The molecule has 2 aromatic rings. The third kappa shape index (κ3) is 3.83. The molecule has 0 spiro atoms. The molecule has 0 aromatic heterocycles. The van der Waals surface area contributed by atoms with Crippen molar-refractivity contribution in [2.75, 3.05) is 19.0 Å². The number of ether oxygens (including phenoxy) is 1. The van der Waals surface area contributed by atoms with Gasteiger partial charge in [0.2, 0.25) is 5.91 Å². The summed E-state index contributed by atoms with van der Waals surface area (Å²) in [7, 11) is 1.46. The van der Waals surface area contributed by atoms with E-state index < -0.39 is 29.9 Å². The molecule has 0 unspecified atom stereocenters. The molecule has 0 aliphatic carbocycles. The number of imide groups is 1. The zero-order valence-corrected chi connectivity index (χ0v) is 17.4. The highest BCUT2D eigenvalue weighted by molar-refractivity contribution is 9.10. The molecule has 7 nitrogen and oxygen atoms in total. The van der Waals surface area contributed by atoms with E-state index in [4.69, 9.17) is 16.3 Å². The number of benzene rings is 2. The Morgan fingerprint density at radius 3 is 2.71 bits per heavy atom. The van der Waals surface area contributed by atoms with Gasteiger partial charge in [-0.15, -0.1) is 0 Å². The number of carbonyl (C=O) groups is 3. The third-order valence-electron chi connectivity index (χ3n) is 4.41. The number of carbonyl (C=O) groups excluding carboxylic acids is 3. The van der Waals surface area contributed by atoms with Crippen LogP contribution in [-0.2, 0) is 15.1 Å². The number of methoxy groups -OCH3 is 1. The van der Waals surface area contributed by atoms with Crippen LogP contribution in [0.15, 0.2) is 46.9 Å². The maximum Gasteiger partial charge on any atom is 0.325 e. The van der Waals surface area contributed by atoms with Crippen LogP contribution < -0.4 is 15.4 Å². The van der Waals surface area contributed by atoms with Gasteiger partial charge >= 0.3 is 6.03 Å². The summed E-state index contributed by atoms with van der Waals surface area (Å²) < 4.78 is 5.95. The smallest absolute Gasteiger partial charge is 0.325 e. The molecule has 1 aliphatic rings. The van der Waals surface area contributed by atoms with Crippen LogP contribution in [0.4, 0.5) is 10.5 Å². The molecule has 146 valence electrons. The lowest BCUT2D eigenvalue weighted by molar-refractivity contribution is -0.133. The van der Waals surface area contributed by atoms with Gasteiger partial charge in [0.05, 0.1) is 12.8 Å². The summed E-state index contributed by atoms with van der Waals surface area (Å²) in [5.41, 5.74) is -0.295. The number of anilines is 1. The Kier molecular flexibility index (Phi) is 5.62. The first-order chi connectivity index (χ1) is 13.2. The first kappa shape index (κ1) is 20.2. The van der Waals surface area contributed by atoms with E-state index in [0.29, 0.717) is 22.0 Å². The van der Waals surface area contributed by atoms with Gasteiger partial charge in [-0.05, 0) is 42.8 Å². The number of rotatable bonds is 5. The fourth-order valence-corrected chi connectivity index (χ4v) is 3.52. The van der Waals surface area contributed by atoms with Gasteiger partial charge in [0.15, 0.2) is 0 Å². The second kappa shape index (κ2) is 7.81. The van der Waals surface area contributed by atoms with Gasteiger partial charge in [0.25, 0.3) is 5.91 Å². The van der Waals surface area contributed by atoms with Crippen LogP contribution >= 0.6 is 27.5 Å². The van der Waals surface area contributed by atoms with E-state index in [1.807, 2.05) is 6.07 Å². The summed E-state index contributed by atoms with van der Waals surface area (Å²) in [5.74, 6) is -0.653. The van der Waals surface area contributed by atoms with Crippen molar-refractivity contribution >= 4 is 51.1 Å². The number of nitrogens with zero attached hydrogens (tertiary/aromatic N) is 1. The molecule has 0 saturated carbocycles. The summed E-state index contributed by atoms with van der Waals surface area (Å²) in [6.45, 7) is 1.16. The normalized spacial score (nSPS) is 18.8. The highest BCUT2D eigenvalue weighted by Crippen LogP contribution is 2.31. The number of nitrogens with one attached hydrogen (secondary N) is 2. The van der Waals surface area contributed by atoms with E-state index in [2.05, 4.69) is 26.6 Å². The Morgan fingerprint density at radius 1 is 1.29 bits per heavy atom. The number of urea groups is 1. The van der Waals surface area contributed by atoms with Crippen LogP contribution in [0.1, 0.15) is 12.5 Å². The zero-order valence-electron chi connectivity index (χ0n) is 15.1. The lowest BCUT2D eigenvalue weighted by Gasteiger charge is -2.22. The van der Waals surface area contributed by atoms with E-state index >= 15 is 0 Å². The topological polar surface area (TPSA) is 87.7 Å². The lowest BCUT2D eigenvalue weighted by atomic mass is 9.92. The van der Waals surface area contributed by atoms with E-state index in [-0.39, 0.29) is 0 Å². The average Bonchev–Trinajstić information content (AvgIpc) is 2.86. The van der Waals surface area contributed by atoms with Crippen molar-refractivity contribution in [3.8, 4) is 5.75 Å². The lowest BCUT2D eigenvalue weighted by Crippen LogP contribution is -2.42. The predicted molar refractivity (Wildman–Crippen MR) is 108 cm³/mol. The molecule has 1 atom stereocenters. The summed E-state index contributed by atoms with van der Waals surface area (Å²) in [6.07, 6.45) is 0. The number of hydrogen-bond donors (Lipinski definition) is 2. The van der Waals surface area contributed by atoms with Crippen molar-refractivity contribution in [1.82, 2.24) is 10.2 Å². The largest absolute Gasteiger partial charge is 0.495 e. The second-order valence-corrected chi connectivity index (χ2v) is 7.70. The quantitative estimate of drug-likeness (QED) is 0.660. The van der Waals surface area contributed by atoms with Crippen LogP contribution in [0.25, 0.3) is 0 Å². The van der Waals surface area contributed by atoms with Crippen molar-refractivity contribution in [3.05, 3.63) is 57.5 Å². The number of amides is 4. The standard InChI is InChI=1S/C19H17BrClN3O4/c1-19(11-4-3-5-12(20)8-11)17(26)24(18(27)23-19)10-16(25)22-14-9-13(21)6-7-15(14)28-2/h3-9H,10H2,1-2H3,(H,22,25)(H,23,27)/t19-/m1/s1.